The molecule has 0 fully saturated rings. The molecule has 0 amide bonds. The van der Waals surface area contributed by atoms with Gasteiger partial charge in [-0.2, -0.15) is 5.26 Å². The van der Waals surface area contributed by atoms with E-state index in [0.29, 0.717) is 35.7 Å². The van der Waals surface area contributed by atoms with Crippen LogP contribution in [0.1, 0.15) is 17.0 Å². The number of hydrogen-bond acceptors (Lipinski definition) is 9. The van der Waals surface area contributed by atoms with Crippen LogP contribution in [-0.4, -0.2) is 45.1 Å². The van der Waals surface area contributed by atoms with Gasteiger partial charge in [0.05, 0.1) is 49.6 Å². The quantitative estimate of drug-likeness (QED) is 0.652. The number of ether oxygens (including phenoxy) is 2. The smallest absolute Gasteiger partial charge is 0.355 e. The highest BCUT2D eigenvalue weighted by Gasteiger charge is 2.43. The second-order valence-electron chi connectivity index (χ2n) is 7.51. The van der Waals surface area contributed by atoms with Gasteiger partial charge in [0.2, 0.25) is 0 Å². The van der Waals surface area contributed by atoms with Gasteiger partial charge in [0.1, 0.15) is 17.4 Å². The number of hydrogen-bond donors (Lipinski definition) is 2. The van der Waals surface area contributed by atoms with Gasteiger partial charge >= 0.3 is 11.9 Å². The third-order valence-electron chi connectivity index (χ3n) is 5.68. The first-order valence-electron chi connectivity index (χ1n) is 10.6. The van der Waals surface area contributed by atoms with Crippen LogP contribution in [0.2, 0.25) is 0 Å². The van der Waals surface area contributed by atoms with E-state index in [2.05, 4.69) is 16.4 Å². The summed E-state index contributed by atoms with van der Waals surface area (Å²) in [5, 5.41) is 13.4. The zero-order valence-corrected chi connectivity index (χ0v) is 18.7. The van der Waals surface area contributed by atoms with Gasteiger partial charge in [-0.3, -0.25) is 9.89 Å². The van der Waals surface area contributed by atoms with Gasteiger partial charge in [-0.25, -0.2) is 9.59 Å². The summed E-state index contributed by atoms with van der Waals surface area (Å²) in [5.74, 6) is -1.85. The summed E-state index contributed by atoms with van der Waals surface area (Å²) in [5.41, 5.74) is 8.26. The van der Waals surface area contributed by atoms with Crippen LogP contribution in [0.3, 0.4) is 0 Å². The Balaban J connectivity index is 2.07. The van der Waals surface area contributed by atoms with E-state index in [-0.39, 0.29) is 22.7 Å². The van der Waals surface area contributed by atoms with Crippen molar-refractivity contribution in [3.8, 4) is 6.07 Å². The van der Waals surface area contributed by atoms with Gasteiger partial charge < -0.3 is 20.5 Å². The average molecular weight is 457 g/mol. The molecule has 0 saturated heterocycles. The molecule has 0 aliphatic carbocycles. The van der Waals surface area contributed by atoms with E-state index in [1.54, 1.807) is 36.4 Å². The van der Waals surface area contributed by atoms with Crippen LogP contribution in [-0.2, 0) is 19.1 Å². The van der Waals surface area contributed by atoms with Crippen LogP contribution in [0.4, 0.5) is 5.69 Å². The molecule has 1 unspecified atom stereocenters. The number of aliphatic imine (C=N–C) groups is 1. The molecule has 2 aromatic rings. The molecule has 4 rings (SSSR count). The molecular weight excluding hydrogens is 434 g/mol. The Hall–Kier alpha value is -4.58. The van der Waals surface area contributed by atoms with Crippen LogP contribution in [0, 0.1) is 11.3 Å². The van der Waals surface area contributed by atoms with Crippen LogP contribution in [0.25, 0.3) is 0 Å². The largest absolute Gasteiger partial charge is 0.466 e. The number of nitrogens with one attached hydrogen (secondary N) is 1. The maximum Gasteiger partial charge on any atom is 0.355 e. The maximum atomic E-state index is 13.2. The Morgan fingerprint density at radius 1 is 1.09 bits per heavy atom. The van der Waals surface area contributed by atoms with Crippen LogP contribution in [0.5, 0.6) is 0 Å². The lowest BCUT2D eigenvalue weighted by atomic mass is 9.80. The fourth-order valence-corrected chi connectivity index (χ4v) is 4.21. The standard InChI is InChI=1S/C25H23N5O4/c1-33-24(31)20-19(15-8-4-3-5-9-15)17(14-26)22(27)30(21(20)25(32)34-2)18-11-7-6-10-16(18)23-28-12-13-29-23/h3-11,19H,12-13,27H2,1-2H3,(H,28,29). The van der Waals surface area contributed by atoms with Crippen molar-refractivity contribution in [1.82, 2.24) is 5.32 Å². The van der Waals surface area contributed by atoms with Crippen LogP contribution < -0.4 is 16.0 Å². The molecule has 0 spiro atoms. The van der Waals surface area contributed by atoms with E-state index in [4.69, 9.17) is 15.2 Å². The number of carbonyl (C=O) groups excluding carboxylic acids is 2. The Morgan fingerprint density at radius 2 is 1.76 bits per heavy atom. The minimum absolute atomic E-state index is 0.00968. The number of carbonyl (C=O) groups is 2. The summed E-state index contributed by atoms with van der Waals surface area (Å²) in [6, 6.07) is 18.2. The van der Waals surface area contributed by atoms with E-state index in [1.807, 2.05) is 18.2 Å². The van der Waals surface area contributed by atoms with Gasteiger partial charge in [0.15, 0.2) is 0 Å². The topological polar surface area (TPSA) is 130 Å². The first-order chi connectivity index (χ1) is 16.5. The second kappa shape index (κ2) is 9.50. The minimum Gasteiger partial charge on any atom is -0.466 e. The normalized spacial score (nSPS) is 17.6. The average Bonchev–Trinajstić information content (AvgIpc) is 3.42. The van der Waals surface area contributed by atoms with Crippen molar-refractivity contribution >= 4 is 23.5 Å². The third kappa shape index (κ3) is 3.75. The summed E-state index contributed by atoms with van der Waals surface area (Å²) < 4.78 is 10.1. The number of esters is 2. The monoisotopic (exact) mass is 457 g/mol. The van der Waals surface area contributed by atoms with E-state index in [9.17, 15) is 14.9 Å². The van der Waals surface area contributed by atoms with Gasteiger partial charge in [0, 0.05) is 12.1 Å². The molecular formula is C25H23N5O4. The molecule has 2 aliphatic heterocycles. The summed E-state index contributed by atoms with van der Waals surface area (Å²) >= 11 is 0. The van der Waals surface area contributed by atoms with Crippen molar-refractivity contribution in [1.29, 1.82) is 5.26 Å². The number of anilines is 1. The highest BCUT2D eigenvalue weighted by Crippen LogP contribution is 2.43. The predicted molar refractivity (Wildman–Crippen MR) is 125 cm³/mol. The number of allylic oxidation sites excluding steroid dienone is 1. The molecule has 0 saturated carbocycles. The first kappa shape index (κ1) is 22.6. The molecule has 2 aliphatic rings. The molecule has 172 valence electrons. The third-order valence-corrected chi connectivity index (χ3v) is 5.68. The number of para-hydroxylation sites is 1. The number of rotatable bonds is 5. The predicted octanol–water partition coefficient (Wildman–Crippen LogP) is 1.93. The van der Waals surface area contributed by atoms with Crippen molar-refractivity contribution in [3.05, 3.63) is 88.4 Å². The highest BCUT2D eigenvalue weighted by molar-refractivity contribution is 6.10. The van der Waals surface area contributed by atoms with Crippen molar-refractivity contribution in [2.75, 3.05) is 32.2 Å². The molecule has 9 nitrogen and oxygen atoms in total. The molecule has 3 N–H and O–H groups in total. The minimum atomic E-state index is -0.918. The number of nitriles is 1. The maximum absolute atomic E-state index is 13.2. The molecule has 0 aromatic heterocycles. The van der Waals surface area contributed by atoms with E-state index in [0.717, 1.165) is 0 Å². The molecule has 2 heterocycles. The number of nitrogens with two attached hydrogens (primary N) is 1. The lowest BCUT2D eigenvalue weighted by Gasteiger charge is -2.36. The van der Waals surface area contributed by atoms with Gasteiger partial charge in [-0.1, -0.05) is 42.5 Å². The van der Waals surface area contributed by atoms with E-state index < -0.39 is 17.9 Å². The zero-order chi connectivity index (χ0) is 24.2. The Morgan fingerprint density at radius 3 is 2.38 bits per heavy atom. The van der Waals surface area contributed by atoms with Crippen LogP contribution >= 0.6 is 0 Å². The first-order valence-corrected chi connectivity index (χ1v) is 10.6. The fourth-order valence-electron chi connectivity index (χ4n) is 4.21. The lowest BCUT2D eigenvalue weighted by molar-refractivity contribution is -0.139. The number of amidine groups is 1. The second-order valence-corrected chi connectivity index (χ2v) is 7.51. The van der Waals surface area contributed by atoms with Crippen molar-refractivity contribution in [2.45, 2.75) is 5.92 Å². The molecule has 2 aromatic carbocycles. The number of nitrogens with zero attached hydrogens (tertiary/aromatic N) is 3. The highest BCUT2D eigenvalue weighted by atomic mass is 16.5. The Bertz CT molecular complexity index is 1270. The molecule has 1 atom stereocenters. The Labute approximate surface area is 196 Å². The van der Waals surface area contributed by atoms with E-state index >= 15 is 0 Å². The molecule has 0 radical (unpaired) electrons. The molecule has 9 heteroatoms. The van der Waals surface area contributed by atoms with Gasteiger partial charge in [-0.15, -0.1) is 0 Å². The Kier molecular flexibility index (Phi) is 6.32. The van der Waals surface area contributed by atoms with Crippen LogP contribution in [0.15, 0.2) is 82.3 Å². The summed E-state index contributed by atoms with van der Waals surface area (Å²) in [6.45, 7) is 1.27. The summed E-state index contributed by atoms with van der Waals surface area (Å²) in [6.07, 6.45) is 0. The lowest BCUT2D eigenvalue weighted by Crippen LogP contribution is -2.41. The van der Waals surface area contributed by atoms with Crippen molar-refractivity contribution in [3.63, 3.8) is 0 Å². The summed E-state index contributed by atoms with van der Waals surface area (Å²) in [4.78, 5) is 32.2. The fraction of sp³-hybridized carbons (Fsp3) is 0.200. The van der Waals surface area contributed by atoms with Gasteiger partial charge in [0.25, 0.3) is 0 Å². The molecule has 0 bridgehead atoms. The number of methoxy groups -OCH3 is 2. The SMILES string of the molecule is COC(=O)C1=C(C(=O)OC)N(c2ccccc2C2=NCCN2)C(N)=C(C#N)C1c1ccccc1. The van der Waals surface area contributed by atoms with E-state index in [1.165, 1.54) is 19.1 Å². The summed E-state index contributed by atoms with van der Waals surface area (Å²) in [7, 11) is 2.43. The van der Waals surface area contributed by atoms with Crippen molar-refractivity contribution in [2.24, 2.45) is 10.7 Å². The molecule has 34 heavy (non-hydrogen) atoms. The van der Waals surface area contributed by atoms with Crippen molar-refractivity contribution < 1.29 is 19.1 Å². The van der Waals surface area contributed by atoms with Gasteiger partial charge in [-0.05, 0) is 17.7 Å². The number of benzene rings is 2. The zero-order valence-electron chi connectivity index (χ0n) is 18.7.